The van der Waals surface area contributed by atoms with Crippen LogP contribution in [0.5, 0.6) is 5.75 Å². The molecule has 3 N–H and O–H groups in total. The number of aryl methyl sites for hydroxylation is 1. The monoisotopic (exact) mass is 365 g/mol. The number of carbonyl (C=O) groups is 1. The number of aromatic amines is 1. The number of aromatic nitrogens is 2. The van der Waals surface area contributed by atoms with Gasteiger partial charge >= 0.3 is 0 Å². The minimum absolute atomic E-state index is 0.122. The highest BCUT2D eigenvalue weighted by Crippen LogP contribution is 2.26. The van der Waals surface area contributed by atoms with Gasteiger partial charge in [0.15, 0.2) is 0 Å². The first-order valence-corrected chi connectivity index (χ1v) is 7.88. The molecule has 0 aliphatic rings. The third-order valence-electron chi connectivity index (χ3n) is 3.79. The second kappa shape index (κ2) is 7.48. The third kappa shape index (κ3) is 3.98. The van der Waals surface area contributed by atoms with Gasteiger partial charge in [0.05, 0.1) is 16.8 Å². The Bertz CT molecular complexity index is 1030. The molecule has 0 bridgehead atoms. The van der Waals surface area contributed by atoms with E-state index in [2.05, 4.69) is 20.7 Å². The van der Waals surface area contributed by atoms with Gasteiger partial charge < -0.3 is 5.11 Å². The van der Waals surface area contributed by atoms with Crippen LogP contribution < -0.4 is 5.43 Å². The van der Waals surface area contributed by atoms with Crippen molar-refractivity contribution in [3.63, 3.8) is 0 Å². The molecule has 9 nitrogen and oxygen atoms in total. The fourth-order valence-electron chi connectivity index (χ4n) is 2.41. The number of rotatable bonds is 5. The Kier molecular flexibility index (Phi) is 4.93. The summed E-state index contributed by atoms with van der Waals surface area (Å²) in [5.74, 6) is -0.686. The van der Waals surface area contributed by atoms with Crippen LogP contribution in [0.2, 0.25) is 0 Å². The Morgan fingerprint density at radius 1 is 1.30 bits per heavy atom. The summed E-state index contributed by atoms with van der Waals surface area (Å²) in [6, 6.07) is 13.3. The molecular weight excluding hydrogens is 350 g/mol. The second-order valence-corrected chi connectivity index (χ2v) is 5.69. The van der Waals surface area contributed by atoms with E-state index in [1.54, 1.807) is 6.07 Å². The van der Waals surface area contributed by atoms with Crippen LogP contribution in [0.1, 0.15) is 21.6 Å². The van der Waals surface area contributed by atoms with Crippen molar-refractivity contribution < 1.29 is 14.8 Å². The molecule has 1 aromatic heterocycles. The predicted molar refractivity (Wildman–Crippen MR) is 98.6 cm³/mol. The lowest BCUT2D eigenvalue weighted by atomic mass is 10.1. The number of benzene rings is 2. The summed E-state index contributed by atoms with van der Waals surface area (Å²) < 4.78 is 0. The van der Waals surface area contributed by atoms with Crippen LogP contribution in [-0.4, -0.2) is 32.3 Å². The van der Waals surface area contributed by atoms with E-state index in [1.807, 2.05) is 30.3 Å². The zero-order valence-electron chi connectivity index (χ0n) is 14.2. The summed E-state index contributed by atoms with van der Waals surface area (Å²) in [5, 5.41) is 31.3. The summed E-state index contributed by atoms with van der Waals surface area (Å²) in [6.07, 6.45) is 1.14. The number of amides is 1. The molecule has 0 aliphatic carbocycles. The number of nitro benzene ring substituents is 1. The molecule has 27 heavy (non-hydrogen) atoms. The molecule has 0 aliphatic heterocycles. The number of hydrazone groups is 1. The van der Waals surface area contributed by atoms with Gasteiger partial charge in [-0.1, -0.05) is 30.3 Å². The molecule has 0 atom stereocenters. The fourth-order valence-corrected chi connectivity index (χ4v) is 2.41. The zero-order chi connectivity index (χ0) is 19.4. The molecule has 1 heterocycles. The number of aromatic hydroxyl groups is 1. The zero-order valence-corrected chi connectivity index (χ0v) is 14.2. The normalized spacial score (nSPS) is 10.9. The van der Waals surface area contributed by atoms with E-state index >= 15 is 0 Å². The van der Waals surface area contributed by atoms with Crippen LogP contribution in [0.3, 0.4) is 0 Å². The van der Waals surface area contributed by atoms with Crippen molar-refractivity contribution in [2.45, 2.75) is 6.92 Å². The van der Waals surface area contributed by atoms with Gasteiger partial charge in [0.1, 0.15) is 11.4 Å². The summed E-state index contributed by atoms with van der Waals surface area (Å²) >= 11 is 0. The standard InChI is InChI=1S/C18H15N5O4/c1-11-7-14(23(26)27)8-13(17(11)24)10-19-22-18(25)16-9-15(20-21-16)12-5-3-2-4-6-12/h2-10,24H,1H3,(H,20,21)(H,22,25). The van der Waals surface area contributed by atoms with E-state index in [0.29, 0.717) is 11.3 Å². The summed E-state index contributed by atoms with van der Waals surface area (Å²) in [6.45, 7) is 1.54. The number of hydrogen-bond acceptors (Lipinski definition) is 6. The van der Waals surface area contributed by atoms with Crippen LogP contribution >= 0.6 is 0 Å². The van der Waals surface area contributed by atoms with Gasteiger partial charge in [0.2, 0.25) is 0 Å². The molecule has 0 saturated heterocycles. The van der Waals surface area contributed by atoms with Gasteiger partial charge in [0, 0.05) is 23.3 Å². The number of carbonyl (C=O) groups excluding carboxylic acids is 1. The maximum atomic E-state index is 12.1. The molecule has 2 aromatic carbocycles. The van der Waals surface area contributed by atoms with Gasteiger partial charge in [-0.2, -0.15) is 10.2 Å². The molecule has 0 spiro atoms. The van der Waals surface area contributed by atoms with E-state index in [4.69, 9.17) is 0 Å². The van der Waals surface area contributed by atoms with Crippen LogP contribution in [0.15, 0.2) is 53.6 Å². The Morgan fingerprint density at radius 3 is 2.74 bits per heavy atom. The lowest BCUT2D eigenvalue weighted by Crippen LogP contribution is -2.18. The number of non-ortho nitro benzene ring substituents is 1. The van der Waals surface area contributed by atoms with E-state index in [0.717, 1.165) is 11.8 Å². The highest BCUT2D eigenvalue weighted by atomic mass is 16.6. The average Bonchev–Trinajstić information content (AvgIpc) is 3.15. The molecule has 3 aromatic rings. The van der Waals surface area contributed by atoms with Crippen LogP contribution in [0, 0.1) is 17.0 Å². The number of nitro groups is 1. The SMILES string of the molecule is Cc1cc([N+](=O)[O-])cc(C=NNC(=O)c2cc(-c3ccccc3)n[nH]2)c1O. The van der Waals surface area contributed by atoms with Gasteiger partial charge in [-0.3, -0.25) is 20.0 Å². The molecule has 3 rings (SSSR count). The lowest BCUT2D eigenvalue weighted by Gasteiger charge is -2.03. The van der Waals surface area contributed by atoms with Gasteiger partial charge in [0.25, 0.3) is 11.6 Å². The Morgan fingerprint density at radius 2 is 2.04 bits per heavy atom. The number of nitrogens with zero attached hydrogens (tertiary/aromatic N) is 3. The smallest absolute Gasteiger partial charge is 0.289 e. The summed E-state index contributed by atoms with van der Waals surface area (Å²) in [4.78, 5) is 22.5. The third-order valence-corrected chi connectivity index (χ3v) is 3.79. The van der Waals surface area contributed by atoms with Crippen molar-refractivity contribution in [3.05, 3.63) is 75.5 Å². The molecule has 0 radical (unpaired) electrons. The molecule has 1 amide bonds. The summed E-state index contributed by atoms with van der Waals surface area (Å²) in [5.41, 5.74) is 4.22. The fraction of sp³-hybridized carbons (Fsp3) is 0.0556. The quantitative estimate of drug-likeness (QED) is 0.363. The first kappa shape index (κ1) is 17.8. The Labute approximate surface area is 153 Å². The average molecular weight is 365 g/mol. The number of phenolic OH excluding ortho intramolecular Hbond substituents is 1. The molecule has 136 valence electrons. The molecule has 9 heteroatoms. The predicted octanol–water partition coefficient (Wildman–Crippen LogP) is 2.76. The molecule has 0 fully saturated rings. The number of nitrogens with one attached hydrogen (secondary N) is 2. The maximum absolute atomic E-state index is 12.1. The number of hydrogen-bond donors (Lipinski definition) is 3. The highest BCUT2D eigenvalue weighted by Gasteiger charge is 2.13. The summed E-state index contributed by atoms with van der Waals surface area (Å²) in [7, 11) is 0. The van der Waals surface area contributed by atoms with Gasteiger partial charge in [-0.25, -0.2) is 5.43 Å². The van der Waals surface area contributed by atoms with Gasteiger partial charge in [-0.15, -0.1) is 0 Å². The minimum Gasteiger partial charge on any atom is -0.507 e. The second-order valence-electron chi connectivity index (χ2n) is 5.69. The number of H-pyrrole nitrogens is 1. The molecule has 0 saturated carbocycles. The first-order valence-electron chi connectivity index (χ1n) is 7.88. The van der Waals surface area contributed by atoms with Crippen molar-refractivity contribution in [1.82, 2.24) is 15.6 Å². The number of phenols is 1. The van der Waals surface area contributed by atoms with Crippen LogP contribution in [0.4, 0.5) is 5.69 Å². The van der Waals surface area contributed by atoms with Crippen LogP contribution in [0.25, 0.3) is 11.3 Å². The minimum atomic E-state index is -0.571. The Hall–Kier alpha value is -4.01. The Balaban J connectivity index is 1.73. The van der Waals surface area contributed by atoms with E-state index in [1.165, 1.54) is 19.1 Å². The maximum Gasteiger partial charge on any atom is 0.289 e. The topological polar surface area (TPSA) is 134 Å². The first-order chi connectivity index (χ1) is 13.0. The van der Waals surface area contributed by atoms with Crippen molar-refractivity contribution in [1.29, 1.82) is 0 Å². The van der Waals surface area contributed by atoms with E-state index < -0.39 is 10.8 Å². The van der Waals surface area contributed by atoms with Crippen molar-refractivity contribution in [2.75, 3.05) is 0 Å². The largest absolute Gasteiger partial charge is 0.507 e. The lowest BCUT2D eigenvalue weighted by molar-refractivity contribution is -0.384. The van der Waals surface area contributed by atoms with Gasteiger partial charge in [-0.05, 0) is 18.6 Å². The van der Waals surface area contributed by atoms with Crippen molar-refractivity contribution in [2.24, 2.45) is 5.10 Å². The van der Waals surface area contributed by atoms with E-state index in [-0.39, 0.29) is 22.7 Å². The van der Waals surface area contributed by atoms with Crippen molar-refractivity contribution >= 4 is 17.8 Å². The molecular formula is C18H15N5O4. The van der Waals surface area contributed by atoms with Crippen molar-refractivity contribution in [3.8, 4) is 17.0 Å². The van der Waals surface area contributed by atoms with Crippen LogP contribution in [-0.2, 0) is 0 Å². The molecule has 0 unspecified atom stereocenters. The van der Waals surface area contributed by atoms with E-state index in [9.17, 15) is 20.0 Å². The highest BCUT2D eigenvalue weighted by molar-refractivity contribution is 5.94.